The first-order chi connectivity index (χ1) is 13.9. The molecule has 8 heteroatoms. The number of esters is 1. The topological polar surface area (TPSA) is 95.9 Å². The maximum Gasteiger partial charge on any atom is 0.329 e. The number of likely N-dealkylation sites (tertiary alicyclic amines) is 1. The van der Waals surface area contributed by atoms with Crippen LogP contribution in [0.1, 0.15) is 44.1 Å². The van der Waals surface area contributed by atoms with Crippen LogP contribution >= 0.6 is 0 Å². The fraction of sp³-hybridized carbons (Fsp3) is 0.571. The Labute approximate surface area is 169 Å². The second kappa shape index (κ2) is 9.82. The number of rotatable bonds is 6. The molecule has 0 spiro atoms. The Hall–Kier alpha value is -2.48. The number of amides is 2. The van der Waals surface area contributed by atoms with Gasteiger partial charge in [-0.25, -0.2) is 9.18 Å². The summed E-state index contributed by atoms with van der Waals surface area (Å²) in [4.78, 5) is 38.3. The summed E-state index contributed by atoms with van der Waals surface area (Å²) in [5.41, 5.74) is 0.220. The quantitative estimate of drug-likeness (QED) is 0.695. The van der Waals surface area contributed by atoms with Crippen molar-refractivity contribution in [2.24, 2.45) is 0 Å². The zero-order valence-corrected chi connectivity index (χ0v) is 16.3. The number of aliphatic hydroxyl groups excluding tert-OH is 1. The predicted octanol–water partition coefficient (Wildman–Crippen LogP) is 1.32. The number of ether oxygens (including phenoxy) is 1. The molecular formula is C21H27FN2O5. The Balaban J connectivity index is 1.53. The van der Waals surface area contributed by atoms with Crippen LogP contribution in [0.3, 0.4) is 0 Å². The van der Waals surface area contributed by atoms with Crippen LogP contribution in [0.5, 0.6) is 0 Å². The lowest BCUT2D eigenvalue weighted by molar-refractivity contribution is -0.156. The minimum atomic E-state index is -0.980. The number of hydrogen-bond acceptors (Lipinski definition) is 5. The summed E-state index contributed by atoms with van der Waals surface area (Å²) >= 11 is 0. The number of β-amino-alcohol motifs (C(OH)–C–C–N with tert-alkyl or cyclic N) is 1. The van der Waals surface area contributed by atoms with E-state index in [-0.39, 0.29) is 36.9 Å². The van der Waals surface area contributed by atoms with Crippen molar-refractivity contribution in [3.63, 3.8) is 0 Å². The van der Waals surface area contributed by atoms with Crippen LogP contribution in [-0.2, 0) is 25.5 Å². The van der Waals surface area contributed by atoms with Gasteiger partial charge in [0.1, 0.15) is 11.9 Å². The van der Waals surface area contributed by atoms with Gasteiger partial charge in [-0.3, -0.25) is 9.59 Å². The lowest BCUT2D eigenvalue weighted by atomic mass is 9.95. The van der Waals surface area contributed by atoms with Gasteiger partial charge in [0.05, 0.1) is 12.5 Å². The number of carbonyl (C=O) groups is 3. The van der Waals surface area contributed by atoms with Crippen LogP contribution in [0, 0.1) is 5.82 Å². The second-order valence-electron chi connectivity index (χ2n) is 7.73. The highest BCUT2D eigenvalue weighted by Crippen LogP contribution is 2.21. The summed E-state index contributed by atoms with van der Waals surface area (Å²) in [7, 11) is 0. The standard InChI is InChI=1S/C21H27FN2O5/c22-17-9-5-4-6-14(17)10-20(27)24-12-16(25)11-18(24)21(28)29-13-19(26)23-15-7-2-1-3-8-15/h4-6,9,15-16,18,25H,1-3,7-8,10-13H2,(H,23,26). The summed E-state index contributed by atoms with van der Waals surface area (Å²) in [5.74, 6) is -2.07. The van der Waals surface area contributed by atoms with Crippen LogP contribution in [-0.4, -0.2) is 59.1 Å². The first-order valence-corrected chi connectivity index (χ1v) is 10.1. The van der Waals surface area contributed by atoms with E-state index in [1.807, 2.05) is 0 Å². The van der Waals surface area contributed by atoms with E-state index in [2.05, 4.69) is 5.32 Å². The minimum absolute atomic E-state index is 0.0265. The third kappa shape index (κ3) is 5.76. The molecule has 1 saturated carbocycles. The molecule has 1 aliphatic heterocycles. The molecule has 1 saturated heterocycles. The second-order valence-corrected chi connectivity index (χ2v) is 7.73. The highest BCUT2D eigenvalue weighted by Gasteiger charge is 2.40. The molecule has 2 fully saturated rings. The normalized spacial score (nSPS) is 22.3. The van der Waals surface area contributed by atoms with E-state index in [9.17, 15) is 23.9 Å². The Morgan fingerprint density at radius 1 is 1.17 bits per heavy atom. The highest BCUT2D eigenvalue weighted by molar-refractivity contribution is 5.88. The smallest absolute Gasteiger partial charge is 0.329 e. The van der Waals surface area contributed by atoms with E-state index in [0.717, 1.165) is 25.7 Å². The highest BCUT2D eigenvalue weighted by atomic mass is 19.1. The SMILES string of the molecule is O=C(COC(=O)C1CC(O)CN1C(=O)Cc1ccccc1F)NC1CCCCC1. The van der Waals surface area contributed by atoms with Crippen molar-refractivity contribution >= 4 is 17.8 Å². The fourth-order valence-electron chi connectivity index (χ4n) is 3.97. The van der Waals surface area contributed by atoms with Crippen molar-refractivity contribution in [2.75, 3.05) is 13.2 Å². The van der Waals surface area contributed by atoms with Gasteiger partial charge in [-0.2, -0.15) is 0 Å². The average molecular weight is 406 g/mol. The van der Waals surface area contributed by atoms with Gasteiger partial charge in [0, 0.05) is 19.0 Å². The van der Waals surface area contributed by atoms with Gasteiger partial charge in [-0.15, -0.1) is 0 Å². The largest absolute Gasteiger partial charge is 0.454 e. The van der Waals surface area contributed by atoms with Gasteiger partial charge < -0.3 is 20.1 Å². The summed E-state index contributed by atoms with van der Waals surface area (Å²) in [6.07, 6.45) is 4.11. The number of halogens is 1. The molecule has 2 aliphatic rings. The first-order valence-electron chi connectivity index (χ1n) is 10.1. The molecule has 29 heavy (non-hydrogen) atoms. The third-order valence-corrected chi connectivity index (χ3v) is 5.49. The molecule has 2 atom stereocenters. The van der Waals surface area contributed by atoms with Gasteiger partial charge in [0.25, 0.3) is 5.91 Å². The third-order valence-electron chi connectivity index (χ3n) is 5.49. The summed E-state index contributed by atoms with van der Waals surface area (Å²) in [6, 6.07) is 5.05. The fourth-order valence-corrected chi connectivity index (χ4v) is 3.97. The zero-order chi connectivity index (χ0) is 20.8. The Morgan fingerprint density at radius 2 is 1.90 bits per heavy atom. The molecule has 0 radical (unpaired) electrons. The van der Waals surface area contributed by atoms with Gasteiger partial charge in [0.15, 0.2) is 6.61 Å². The molecule has 1 aliphatic carbocycles. The molecule has 2 unspecified atom stereocenters. The summed E-state index contributed by atoms with van der Waals surface area (Å²) < 4.78 is 18.9. The predicted molar refractivity (Wildman–Crippen MR) is 102 cm³/mol. The van der Waals surface area contributed by atoms with E-state index in [0.29, 0.717) is 0 Å². The van der Waals surface area contributed by atoms with Gasteiger partial charge in [-0.1, -0.05) is 37.5 Å². The Morgan fingerprint density at radius 3 is 2.62 bits per heavy atom. The van der Waals surface area contributed by atoms with Crippen molar-refractivity contribution in [3.05, 3.63) is 35.6 Å². The number of benzene rings is 1. The number of hydrogen-bond donors (Lipinski definition) is 2. The molecule has 2 amide bonds. The van der Waals surface area contributed by atoms with Crippen LogP contribution in [0.4, 0.5) is 4.39 Å². The van der Waals surface area contributed by atoms with Crippen LogP contribution < -0.4 is 5.32 Å². The number of nitrogens with one attached hydrogen (secondary N) is 1. The number of aliphatic hydroxyl groups is 1. The van der Waals surface area contributed by atoms with E-state index in [1.165, 1.54) is 29.5 Å². The summed E-state index contributed by atoms with van der Waals surface area (Å²) in [5, 5.41) is 12.8. The van der Waals surface area contributed by atoms with Crippen molar-refractivity contribution in [1.29, 1.82) is 0 Å². The van der Waals surface area contributed by atoms with Crippen molar-refractivity contribution in [2.45, 2.75) is 63.1 Å². The average Bonchev–Trinajstić information content (AvgIpc) is 3.11. The number of carbonyl (C=O) groups excluding carboxylic acids is 3. The maximum atomic E-state index is 13.8. The number of nitrogens with zero attached hydrogens (tertiary/aromatic N) is 1. The van der Waals surface area contributed by atoms with Crippen molar-refractivity contribution in [3.8, 4) is 0 Å². The zero-order valence-electron chi connectivity index (χ0n) is 16.3. The van der Waals surface area contributed by atoms with E-state index in [1.54, 1.807) is 6.07 Å². The van der Waals surface area contributed by atoms with Crippen LogP contribution in [0.15, 0.2) is 24.3 Å². The molecule has 1 aromatic carbocycles. The van der Waals surface area contributed by atoms with Gasteiger partial charge in [0.2, 0.25) is 5.91 Å². The molecular weight excluding hydrogens is 379 g/mol. The Kier molecular flexibility index (Phi) is 7.19. The molecule has 158 valence electrons. The first kappa shape index (κ1) is 21.2. The Bertz CT molecular complexity index is 750. The van der Waals surface area contributed by atoms with Crippen LogP contribution in [0.2, 0.25) is 0 Å². The minimum Gasteiger partial charge on any atom is -0.454 e. The summed E-state index contributed by atoms with van der Waals surface area (Å²) in [6.45, 7) is -0.446. The molecule has 3 rings (SSSR count). The van der Waals surface area contributed by atoms with E-state index < -0.39 is 36.4 Å². The molecule has 2 N–H and O–H groups in total. The van der Waals surface area contributed by atoms with Crippen molar-refractivity contribution < 1.29 is 28.6 Å². The maximum absolute atomic E-state index is 13.8. The van der Waals surface area contributed by atoms with Gasteiger partial charge in [-0.05, 0) is 24.5 Å². The van der Waals surface area contributed by atoms with Crippen molar-refractivity contribution in [1.82, 2.24) is 10.2 Å². The molecule has 0 bridgehead atoms. The monoisotopic (exact) mass is 406 g/mol. The lowest BCUT2D eigenvalue weighted by Gasteiger charge is -2.24. The van der Waals surface area contributed by atoms with Gasteiger partial charge >= 0.3 is 5.97 Å². The molecule has 1 heterocycles. The van der Waals surface area contributed by atoms with E-state index >= 15 is 0 Å². The molecule has 1 aromatic rings. The van der Waals surface area contributed by atoms with Crippen LogP contribution in [0.25, 0.3) is 0 Å². The molecule has 7 nitrogen and oxygen atoms in total. The van der Waals surface area contributed by atoms with E-state index in [4.69, 9.17) is 4.74 Å². The molecule has 0 aromatic heterocycles. The lowest BCUT2D eigenvalue weighted by Crippen LogP contribution is -2.44.